The summed E-state index contributed by atoms with van der Waals surface area (Å²) in [5.74, 6) is 0.639. The van der Waals surface area contributed by atoms with E-state index in [1.165, 1.54) is 5.57 Å². The first-order valence-corrected chi connectivity index (χ1v) is 5.67. The summed E-state index contributed by atoms with van der Waals surface area (Å²) >= 11 is 0. The van der Waals surface area contributed by atoms with Crippen LogP contribution in [0, 0.1) is 11.3 Å². The van der Waals surface area contributed by atoms with Gasteiger partial charge in [0, 0.05) is 12.6 Å². The molecule has 0 aliphatic rings. The fourth-order valence-corrected chi connectivity index (χ4v) is 1.30. The lowest BCUT2D eigenvalue weighted by Gasteiger charge is -2.20. The Balaban J connectivity index is 4.38. The molecule has 0 aliphatic heterocycles. The molecule has 1 nitrogen and oxygen atoms in total. The van der Waals surface area contributed by atoms with Crippen LogP contribution in [0.2, 0.25) is 0 Å². The van der Waals surface area contributed by atoms with E-state index in [2.05, 4.69) is 59.9 Å². The Morgan fingerprint density at radius 3 is 1.93 bits per heavy atom. The molecule has 14 heavy (non-hydrogen) atoms. The van der Waals surface area contributed by atoms with E-state index >= 15 is 0 Å². The maximum Gasteiger partial charge on any atom is 0.0169 e. The summed E-state index contributed by atoms with van der Waals surface area (Å²) in [6.45, 7) is 16.7. The molecule has 0 radical (unpaired) electrons. The van der Waals surface area contributed by atoms with Crippen molar-refractivity contribution in [3.63, 3.8) is 0 Å². The summed E-state index contributed by atoms with van der Waals surface area (Å²) in [7, 11) is 0. The summed E-state index contributed by atoms with van der Waals surface area (Å²) in [4.78, 5) is 0. The van der Waals surface area contributed by atoms with Crippen LogP contribution in [0.1, 0.15) is 48.5 Å². The van der Waals surface area contributed by atoms with Crippen molar-refractivity contribution >= 4 is 0 Å². The second-order valence-corrected chi connectivity index (χ2v) is 5.78. The van der Waals surface area contributed by atoms with Crippen LogP contribution < -0.4 is 5.32 Å². The van der Waals surface area contributed by atoms with E-state index in [1.54, 1.807) is 0 Å². The highest BCUT2D eigenvalue weighted by Crippen LogP contribution is 2.21. The summed E-state index contributed by atoms with van der Waals surface area (Å²) < 4.78 is 0. The van der Waals surface area contributed by atoms with E-state index in [4.69, 9.17) is 0 Å². The van der Waals surface area contributed by atoms with E-state index in [1.807, 2.05) is 0 Å². The molecule has 0 atom stereocenters. The Bertz CT molecular complexity index is 182. The van der Waals surface area contributed by atoms with Crippen molar-refractivity contribution in [2.75, 3.05) is 6.54 Å². The van der Waals surface area contributed by atoms with Gasteiger partial charge in [0.2, 0.25) is 0 Å². The number of rotatable bonds is 4. The summed E-state index contributed by atoms with van der Waals surface area (Å²) in [5.41, 5.74) is 1.81. The van der Waals surface area contributed by atoms with Crippen molar-refractivity contribution in [2.24, 2.45) is 11.3 Å². The van der Waals surface area contributed by atoms with Crippen LogP contribution in [-0.2, 0) is 0 Å². The molecule has 0 aromatic rings. The van der Waals surface area contributed by atoms with Crippen LogP contribution in [0.5, 0.6) is 0 Å². The molecule has 0 saturated heterocycles. The number of hydrogen-bond acceptors (Lipinski definition) is 1. The molecule has 0 aromatic carbocycles. The first kappa shape index (κ1) is 13.7. The first-order chi connectivity index (χ1) is 6.22. The van der Waals surface area contributed by atoms with Gasteiger partial charge in [0.05, 0.1) is 0 Å². The molecular formula is C13H27N. The molecule has 0 spiro atoms. The van der Waals surface area contributed by atoms with E-state index in [0.717, 1.165) is 6.54 Å². The average Bonchev–Trinajstić information content (AvgIpc) is 1.94. The van der Waals surface area contributed by atoms with Gasteiger partial charge >= 0.3 is 0 Å². The van der Waals surface area contributed by atoms with E-state index in [-0.39, 0.29) is 5.41 Å². The van der Waals surface area contributed by atoms with E-state index < -0.39 is 0 Å². The molecule has 0 bridgehead atoms. The SMILES string of the molecule is CC(C)NCC(=CC(C)(C)C)C(C)C. The molecule has 0 rings (SSSR count). The van der Waals surface area contributed by atoms with E-state index in [0.29, 0.717) is 12.0 Å². The van der Waals surface area contributed by atoms with Crippen molar-refractivity contribution in [2.45, 2.75) is 54.5 Å². The highest BCUT2D eigenvalue weighted by molar-refractivity contribution is 5.11. The predicted molar refractivity (Wildman–Crippen MR) is 65.5 cm³/mol. The Morgan fingerprint density at radius 1 is 1.14 bits per heavy atom. The quantitative estimate of drug-likeness (QED) is 0.679. The standard InChI is InChI=1S/C13H27N/c1-10(2)12(8-13(5,6)7)9-14-11(3)4/h8,10-11,14H,9H2,1-7H3. The largest absolute Gasteiger partial charge is 0.311 e. The van der Waals surface area contributed by atoms with Gasteiger partial charge in [-0.25, -0.2) is 0 Å². The van der Waals surface area contributed by atoms with Crippen LogP contribution in [0.3, 0.4) is 0 Å². The minimum atomic E-state index is 0.290. The molecule has 0 amide bonds. The molecular weight excluding hydrogens is 170 g/mol. The average molecular weight is 197 g/mol. The Hall–Kier alpha value is -0.300. The van der Waals surface area contributed by atoms with Gasteiger partial charge in [0.15, 0.2) is 0 Å². The second-order valence-electron chi connectivity index (χ2n) is 5.78. The smallest absolute Gasteiger partial charge is 0.0169 e. The molecule has 84 valence electrons. The minimum Gasteiger partial charge on any atom is -0.311 e. The van der Waals surface area contributed by atoms with Crippen LogP contribution in [0.25, 0.3) is 0 Å². The summed E-state index contributed by atoms with van der Waals surface area (Å²) in [5, 5.41) is 3.48. The van der Waals surface area contributed by atoms with Crippen molar-refractivity contribution in [1.29, 1.82) is 0 Å². The normalized spacial score (nSPS) is 14.2. The number of nitrogens with one attached hydrogen (secondary N) is 1. The summed E-state index contributed by atoms with van der Waals surface area (Å²) in [6.07, 6.45) is 2.40. The Kier molecular flexibility index (Phi) is 5.43. The Labute approximate surface area is 90.0 Å². The lowest BCUT2D eigenvalue weighted by molar-refractivity contribution is 0.517. The Morgan fingerprint density at radius 2 is 1.64 bits per heavy atom. The van der Waals surface area contributed by atoms with Gasteiger partial charge in [-0.1, -0.05) is 60.1 Å². The van der Waals surface area contributed by atoms with Gasteiger partial charge in [-0.05, 0) is 11.3 Å². The molecule has 1 N–H and O–H groups in total. The molecule has 0 aliphatic carbocycles. The third-order valence-corrected chi connectivity index (χ3v) is 2.07. The van der Waals surface area contributed by atoms with Gasteiger partial charge in [0.25, 0.3) is 0 Å². The van der Waals surface area contributed by atoms with Crippen molar-refractivity contribution < 1.29 is 0 Å². The van der Waals surface area contributed by atoms with Gasteiger partial charge in [-0.3, -0.25) is 0 Å². The molecule has 0 heterocycles. The predicted octanol–water partition coefficient (Wildman–Crippen LogP) is 3.61. The van der Waals surface area contributed by atoms with Crippen LogP contribution >= 0.6 is 0 Å². The highest BCUT2D eigenvalue weighted by Gasteiger charge is 2.11. The van der Waals surface area contributed by atoms with Gasteiger partial charge in [-0.15, -0.1) is 0 Å². The second kappa shape index (κ2) is 5.55. The molecule has 1 heteroatoms. The minimum absolute atomic E-state index is 0.290. The molecule has 0 saturated carbocycles. The zero-order valence-electron chi connectivity index (χ0n) is 10.9. The van der Waals surface area contributed by atoms with Crippen LogP contribution in [0.15, 0.2) is 11.6 Å². The fourth-order valence-electron chi connectivity index (χ4n) is 1.30. The number of allylic oxidation sites excluding steroid dienone is 1. The van der Waals surface area contributed by atoms with Gasteiger partial charge in [-0.2, -0.15) is 0 Å². The summed E-state index contributed by atoms with van der Waals surface area (Å²) in [6, 6.07) is 0.567. The monoisotopic (exact) mass is 197 g/mol. The highest BCUT2D eigenvalue weighted by atomic mass is 14.9. The van der Waals surface area contributed by atoms with Gasteiger partial charge < -0.3 is 5.32 Å². The van der Waals surface area contributed by atoms with Crippen molar-refractivity contribution in [3.05, 3.63) is 11.6 Å². The topological polar surface area (TPSA) is 12.0 Å². The molecule has 0 aromatic heterocycles. The lowest BCUT2D eigenvalue weighted by atomic mass is 9.89. The van der Waals surface area contributed by atoms with Crippen molar-refractivity contribution in [3.8, 4) is 0 Å². The van der Waals surface area contributed by atoms with Gasteiger partial charge in [0.1, 0.15) is 0 Å². The third-order valence-electron chi connectivity index (χ3n) is 2.07. The zero-order valence-corrected chi connectivity index (χ0v) is 10.9. The van der Waals surface area contributed by atoms with Crippen LogP contribution in [0.4, 0.5) is 0 Å². The maximum atomic E-state index is 3.48. The molecule has 0 unspecified atom stereocenters. The maximum absolute atomic E-state index is 3.48. The number of hydrogen-bond donors (Lipinski definition) is 1. The fraction of sp³-hybridized carbons (Fsp3) is 0.846. The molecule has 0 fully saturated rings. The zero-order chi connectivity index (χ0) is 11.4. The lowest BCUT2D eigenvalue weighted by Crippen LogP contribution is -2.27. The third kappa shape index (κ3) is 7.14. The van der Waals surface area contributed by atoms with E-state index in [9.17, 15) is 0 Å². The van der Waals surface area contributed by atoms with Crippen molar-refractivity contribution in [1.82, 2.24) is 5.32 Å². The van der Waals surface area contributed by atoms with Crippen LogP contribution in [-0.4, -0.2) is 12.6 Å². The first-order valence-electron chi connectivity index (χ1n) is 5.67.